The van der Waals surface area contributed by atoms with Crippen LogP contribution in [0.5, 0.6) is 0 Å². The first-order valence-corrected chi connectivity index (χ1v) is 6.83. The Morgan fingerprint density at radius 1 is 1.16 bits per heavy atom. The zero-order chi connectivity index (χ0) is 14.5. The first-order chi connectivity index (χ1) is 8.76. The van der Waals surface area contributed by atoms with Gasteiger partial charge in [0, 0.05) is 16.6 Å². The quantitative estimate of drug-likeness (QED) is 0.861. The zero-order valence-corrected chi connectivity index (χ0v) is 12.9. The van der Waals surface area contributed by atoms with Crippen LogP contribution in [0.4, 0.5) is 5.69 Å². The van der Waals surface area contributed by atoms with Crippen LogP contribution in [0, 0.1) is 0 Å². The molecule has 1 N–H and O–H groups in total. The van der Waals surface area contributed by atoms with Crippen LogP contribution in [-0.4, -0.2) is 17.5 Å². The van der Waals surface area contributed by atoms with Crippen molar-refractivity contribution in [3.8, 4) is 0 Å². The van der Waals surface area contributed by atoms with Crippen molar-refractivity contribution in [2.45, 2.75) is 39.2 Å². The number of esters is 1. The highest BCUT2D eigenvalue weighted by Crippen LogP contribution is 2.15. The molecule has 0 spiro atoms. The third kappa shape index (κ3) is 6.96. The van der Waals surface area contributed by atoms with Gasteiger partial charge in [-0.15, -0.1) is 0 Å². The SMILES string of the molecule is CC(C)(C)OC(=O)CCC(=O)Nc1ccc(Br)cc1. The molecule has 0 heterocycles. The molecule has 5 heteroatoms. The van der Waals surface area contributed by atoms with E-state index in [4.69, 9.17) is 4.74 Å². The van der Waals surface area contributed by atoms with Crippen LogP contribution in [0.1, 0.15) is 33.6 Å². The van der Waals surface area contributed by atoms with E-state index in [1.165, 1.54) is 0 Å². The Morgan fingerprint density at radius 2 is 1.74 bits per heavy atom. The molecule has 0 radical (unpaired) electrons. The molecule has 0 fully saturated rings. The monoisotopic (exact) mass is 327 g/mol. The molecule has 1 aromatic rings. The van der Waals surface area contributed by atoms with Gasteiger partial charge in [0.05, 0.1) is 6.42 Å². The molecule has 0 saturated carbocycles. The van der Waals surface area contributed by atoms with Crippen LogP contribution in [0.15, 0.2) is 28.7 Å². The number of hydrogen-bond acceptors (Lipinski definition) is 3. The van der Waals surface area contributed by atoms with Gasteiger partial charge >= 0.3 is 5.97 Å². The Bertz CT molecular complexity index is 449. The van der Waals surface area contributed by atoms with E-state index in [1.54, 1.807) is 32.9 Å². The van der Waals surface area contributed by atoms with Gasteiger partial charge in [0.25, 0.3) is 0 Å². The van der Waals surface area contributed by atoms with Crippen molar-refractivity contribution in [2.24, 2.45) is 0 Å². The van der Waals surface area contributed by atoms with E-state index < -0.39 is 5.60 Å². The van der Waals surface area contributed by atoms with Crippen LogP contribution in [0.2, 0.25) is 0 Å². The Kier molecular flexibility index (Phi) is 5.54. The number of nitrogens with one attached hydrogen (secondary N) is 1. The maximum atomic E-state index is 11.6. The van der Waals surface area contributed by atoms with E-state index in [-0.39, 0.29) is 24.7 Å². The van der Waals surface area contributed by atoms with Gasteiger partial charge in [0.15, 0.2) is 0 Å². The summed E-state index contributed by atoms with van der Waals surface area (Å²) < 4.78 is 6.07. The minimum Gasteiger partial charge on any atom is -0.460 e. The van der Waals surface area contributed by atoms with Gasteiger partial charge in [0.1, 0.15) is 5.60 Å². The van der Waals surface area contributed by atoms with E-state index in [2.05, 4.69) is 21.2 Å². The van der Waals surface area contributed by atoms with E-state index >= 15 is 0 Å². The molecule has 0 unspecified atom stereocenters. The van der Waals surface area contributed by atoms with E-state index in [9.17, 15) is 9.59 Å². The lowest BCUT2D eigenvalue weighted by molar-refractivity contribution is -0.155. The summed E-state index contributed by atoms with van der Waals surface area (Å²) in [4.78, 5) is 23.1. The highest BCUT2D eigenvalue weighted by atomic mass is 79.9. The van der Waals surface area contributed by atoms with E-state index in [0.29, 0.717) is 5.69 Å². The summed E-state index contributed by atoms with van der Waals surface area (Å²) in [6.45, 7) is 5.40. The van der Waals surface area contributed by atoms with Crippen LogP contribution in [-0.2, 0) is 14.3 Å². The second-order valence-electron chi connectivity index (χ2n) is 5.14. The Hall–Kier alpha value is -1.36. The summed E-state index contributed by atoms with van der Waals surface area (Å²) in [6, 6.07) is 7.25. The average molecular weight is 328 g/mol. The first kappa shape index (κ1) is 15.7. The summed E-state index contributed by atoms with van der Waals surface area (Å²) in [5, 5.41) is 2.72. The van der Waals surface area contributed by atoms with Crippen molar-refractivity contribution in [3.63, 3.8) is 0 Å². The normalized spacial score (nSPS) is 10.9. The predicted octanol–water partition coefficient (Wildman–Crippen LogP) is 3.51. The third-order valence-electron chi connectivity index (χ3n) is 2.10. The molecular formula is C14H18BrNO3. The molecule has 1 aromatic carbocycles. The lowest BCUT2D eigenvalue weighted by atomic mass is 10.2. The number of rotatable bonds is 4. The van der Waals surface area contributed by atoms with Gasteiger partial charge in [-0.05, 0) is 45.0 Å². The molecule has 0 aliphatic heterocycles. The summed E-state index contributed by atoms with van der Waals surface area (Å²) in [5.41, 5.74) is 0.191. The number of anilines is 1. The molecule has 0 aliphatic carbocycles. The second kappa shape index (κ2) is 6.70. The molecule has 1 amide bonds. The number of halogens is 1. The first-order valence-electron chi connectivity index (χ1n) is 6.03. The topological polar surface area (TPSA) is 55.4 Å². The molecule has 4 nitrogen and oxygen atoms in total. The van der Waals surface area contributed by atoms with Crippen molar-refractivity contribution < 1.29 is 14.3 Å². The van der Waals surface area contributed by atoms with Crippen molar-refractivity contribution >= 4 is 33.5 Å². The summed E-state index contributed by atoms with van der Waals surface area (Å²) in [7, 11) is 0. The molecule has 1 rings (SSSR count). The fraction of sp³-hybridized carbons (Fsp3) is 0.429. The van der Waals surface area contributed by atoms with Gasteiger partial charge in [-0.25, -0.2) is 0 Å². The van der Waals surface area contributed by atoms with Gasteiger partial charge in [-0.2, -0.15) is 0 Å². The molecule has 0 aromatic heterocycles. The molecule has 19 heavy (non-hydrogen) atoms. The van der Waals surface area contributed by atoms with Crippen LogP contribution in [0.25, 0.3) is 0 Å². The molecule has 0 bridgehead atoms. The zero-order valence-electron chi connectivity index (χ0n) is 11.3. The minimum absolute atomic E-state index is 0.0830. The van der Waals surface area contributed by atoms with Crippen LogP contribution < -0.4 is 5.32 Å². The van der Waals surface area contributed by atoms with Crippen LogP contribution >= 0.6 is 15.9 Å². The number of carbonyl (C=O) groups is 2. The minimum atomic E-state index is -0.515. The van der Waals surface area contributed by atoms with Gasteiger partial charge in [-0.1, -0.05) is 15.9 Å². The van der Waals surface area contributed by atoms with Crippen molar-refractivity contribution in [3.05, 3.63) is 28.7 Å². The lowest BCUT2D eigenvalue weighted by Crippen LogP contribution is -2.24. The maximum absolute atomic E-state index is 11.6. The number of amides is 1. The fourth-order valence-corrected chi connectivity index (χ4v) is 1.63. The molecule has 104 valence electrons. The van der Waals surface area contributed by atoms with E-state index in [1.807, 2.05) is 12.1 Å². The smallest absolute Gasteiger partial charge is 0.306 e. The van der Waals surface area contributed by atoms with Gasteiger partial charge in [0.2, 0.25) is 5.91 Å². The summed E-state index contributed by atoms with van der Waals surface area (Å²) in [6.07, 6.45) is 0.199. The average Bonchev–Trinajstić information content (AvgIpc) is 2.27. The molecule has 0 atom stereocenters. The predicted molar refractivity (Wildman–Crippen MR) is 77.9 cm³/mol. The Morgan fingerprint density at radius 3 is 2.26 bits per heavy atom. The third-order valence-corrected chi connectivity index (χ3v) is 2.63. The number of ether oxygens (including phenoxy) is 1. The second-order valence-corrected chi connectivity index (χ2v) is 6.06. The number of benzene rings is 1. The standard InChI is InChI=1S/C14H18BrNO3/c1-14(2,3)19-13(18)9-8-12(17)16-11-6-4-10(15)5-7-11/h4-7H,8-9H2,1-3H3,(H,16,17). The Balaban J connectivity index is 2.36. The molecule has 0 aliphatic rings. The fourth-order valence-electron chi connectivity index (χ4n) is 1.36. The number of carbonyl (C=O) groups excluding carboxylic acids is 2. The highest BCUT2D eigenvalue weighted by Gasteiger charge is 2.17. The summed E-state index contributed by atoms with van der Waals surface area (Å²) in [5.74, 6) is -0.563. The van der Waals surface area contributed by atoms with Crippen molar-refractivity contribution in [1.29, 1.82) is 0 Å². The number of hydrogen-bond donors (Lipinski definition) is 1. The highest BCUT2D eigenvalue weighted by molar-refractivity contribution is 9.10. The van der Waals surface area contributed by atoms with Gasteiger partial charge in [-0.3, -0.25) is 9.59 Å². The van der Waals surface area contributed by atoms with Crippen molar-refractivity contribution in [2.75, 3.05) is 5.32 Å². The van der Waals surface area contributed by atoms with Gasteiger partial charge < -0.3 is 10.1 Å². The van der Waals surface area contributed by atoms with Crippen LogP contribution in [0.3, 0.4) is 0 Å². The summed E-state index contributed by atoms with van der Waals surface area (Å²) >= 11 is 3.32. The van der Waals surface area contributed by atoms with Crippen molar-refractivity contribution in [1.82, 2.24) is 0 Å². The lowest BCUT2D eigenvalue weighted by Gasteiger charge is -2.19. The Labute approximate surface area is 121 Å². The molecule has 0 saturated heterocycles. The van der Waals surface area contributed by atoms with E-state index in [0.717, 1.165) is 4.47 Å². The molecular weight excluding hydrogens is 310 g/mol. The largest absolute Gasteiger partial charge is 0.460 e. The maximum Gasteiger partial charge on any atom is 0.306 e.